The summed E-state index contributed by atoms with van der Waals surface area (Å²) in [6.07, 6.45) is 0.698. The van der Waals surface area contributed by atoms with Gasteiger partial charge in [-0.2, -0.15) is 4.31 Å². The van der Waals surface area contributed by atoms with Crippen LogP contribution in [0.15, 0.2) is 23.1 Å². The highest BCUT2D eigenvalue weighted by Gasteiger charge is 2.31. The van der Waals surface area contributed by atoms with E-state index >= 15 is 0 Å². The van der Waals surface area contributed by atoms with Crippen molar-refractivity contribution in [3.63, 3.8) is 0 Å². The molecule has 1 aromatic rings. The van der Waals surface area contributed by atoms with Crippen molar-refractivity contribution >= 4 is 22.4 Å². The first kappa shape index (κ1) is 15.4. The molecule has 0 aromatic heterocycles. The molecule has 2 aliphatic heterocycles. The molecule has 20 heavy (non-hydrogen) atoms. The molecule has 2 N–H and O–H groups in total. The highest BCUT2D eigenvalue weighted by Crippen LogP contribution is 2.33. The fourth-order valence-corrected chi connectivity index (χ4v) is 3.83. The van der Waals surface area contributed by atoms with Crippen molar-refractivity contribution in [1.82, 2.24) is 4.31 Å². The van der Waals surface area contributed by atoms with Crippen molar-refractivity contribution in [2.24, 2.45) is 5.73 Å². The van der Waals surface area contributed by atoms with Gasteiger partial charge in [-0.15, -0.1) is 12.4 Å². The van der Waals surface area contributed by atoms with Gasteiger partial charge in [0.05, 0.1) is 4.90 Å². The molecule has 1 fully saturated rings. The molecule has 2 heterocycles. The Labute approximate surface area is 124 Å². The first-order valence-corrected chi connectivity index (χ1v) is 7.67. The lowest BCUT2D eigenvalue weighted by Gasteiger charge is -2.20. The smallest absolute Gasteiger partial charge is 0.243 e. The summed E-state index contributed by atoms with van der Waals surface area (Å²) in [7, 11) is -3.49. The molecule has 0 aliphatic carbocycles. The molecular formula is C12H17ClN2O4S. The van der Waals surface area contributed by atoms with Gasteiger partial charge in [0.1, 0.15) is 13.2 Å². The molecule has 1 unspecified atom stereocenters. The highest BCUT2D eigenvalue weighted by atomic mass is 35.5. The molecule has 0 amide bonds. The molecule has 0 saturated carbocycles. The van der Waals surface area contributed by atoms with E-state index in [1.165, 1.54) is 10.4 Å². The number of hydrogen-bond donors (Lipinski definition) is 1. The average Bonchev–Trinajstić information content (AvgIpc) is 2.85. The number of fused-ring (bicyclic) bond motifs is 1. The molecule has 3 rings (SSSR count). The Morgan fingerprint density at radius 3 is 2.55 bits per heavy atom. The number of rotatable bonds is 2. The summed E-state index contributed by atoms with van der Waals surface area (Å²) in [6.45, 7) is 1.76. The summed E-state index contributed by atoms with van der Waals surface area (Å²) >= 11 is 0. The second-order valence-electron chi connectivity index (χ2n) is 4.72. The van der Waals surface area contributed by atoms with Gasteiger partial charge in [0.25, 0.3) is 0 Å². The fraction of sp³-hybridized carbons (Fsp3) is 0.500. The highest BCUT2D eigenvalue weighted by molar-refractivity contribution is 7.89. The Kier molecular flexibility index (Phi) is 4.43. The van der Waals surface area contributed by atoms with Crippen LogP contribution in [0.1, 0.15) is 6.42 Å². The van der Waals surface area contributed by atoms with Gasteiger partial charge in [-0.25, -0.2) is 8.42 Å². The Morgan fingerprint density at radius 1 is 1.20 bits per heavy atom. The van der Waals surface area contributed by atoms with Gasteiger partial charge in [0, 0.05) is 25.2 Å². The van der Waals surface area contributed by atoms with E-state index in [9.17, 15) is 8.42 Å². The predicted molar refractivity (Wildman–Crippen MR) is 76.0 cm³/mol. The first-order chi connectivity index (χ1) is 9.07. The van der Waals surface area contributed by atoms with Crippen molar-refractivity contribution in [2.45, 2.75) is 17.4 Å². The maximum atomic E-state index is 12.4. The number of benzene rings is 1. The minimum atomic E-state index is -3.49. The second kappa shape index (κ2) is 5.77. The van der Waals surface area contributed by atoms with E-state index in [0.717, 1.165) is 0 Å². The maximum absolute atomic E-state index is 12.4. The number of halogens is 1. The van der Waals surface area contributed by atoms with E-state index in [4.69, 9.17) is 15.2 Å². The van der Waals surface area contributed by atoms with Crippen LogP contribution in [0.3, 0.4) is 0 Å². The number of sulfonamides is 1. The average molecular weight is 321 g/mol. The number of nitrogens with two attached hydrogens (primary N) is 1. The molecule has 0 bridgehead atoms. The fourth-order valence-electron chi connectivity index (χ4n) is 2.31. The van der Waals surface area contributed by atoms with Crippen LogP contribution in [0, 0.1) is 0 Å². The molecule has 2 aliphatic rings. The van der Waals surface area contributed by atoms with Crippen molar-refractivity contribution in [3.05, 3.63) is 18.2 Å². The summed E-state index contributed by atoms with van der Waals surface area (Å²) in [6, 6.07) is 4.63. The molecule has 6 nitrogen and oxygen atoms in total. The lowest BCUT2D eigenvalue weighted by Crippen LogP contribution is -2.32. The molecule has 1 atom stereocenters. The zero-order valence-electron chi connectivity index (χ0n) is 10.8. The van der Waals surface area contributed by atoms with Crippen LogP contribution >= 0.6 is 12.4 Å². The normalized spacial score (nSPS) is 22.4. The minimum Gasteiger partial charge on any atom is -0.486 e. The van der Waals surface area contributed by atoms with E-state index < -0.39 is 10.0 Å². The van der Waals surface area contributed by atoms with E-state index in [1.54, 1.807) is 12.1 Å². The summed E-state index contributed by atoms with van der Waals surface area (Å²) in [5.74, 6) is 1.07. The van der Waals surface area contributed by atoms with Gasteiger partial charge < -0.3 is 15.2 Å². The van der Waals surface area contributed by atoms with Gasteiger partial charge in [-0.3, -0.25) is 0 Å². The van der Waals surface area contributed by atoms with Crippen LogP contribution in [0.5, 0.6) is 11.5 Å². The first-order valence-electron chi connectivity index (χ1n) is 6.23. The van der Waals surface area contributed by atoms with Crippen LogP contribution in [0.2, 0.25) is 0 Å². The van der Waals surface area contributed by atoms with Crippen LogP contribution in [0.4, 0.5) is 0 Å². The molecule has 8 heteroatoms. The molecule has 112 valence electrons. The predicted octanol–water partition coefficient (Wildman–Crippen LogP) is 0.601. The summed E-state index contributed by atoms with van der Waals surface area (Å²) in [5.41, 5.74) is 5.76. The zero-order chi connectivity index (χ0) is 13.5. The van der Waals surface area contributed by atoms with Crippen molar-refractivity contribution < 1.29 is 17.9 Å². The number of ether oxygens (including phenoxy) is 2. The van der Waals surface area contributed by atoms with E-state index in [0.29, 0.717) is 44.2 Å². The molecule has 0 radical (unpaired) electrons. The van der Waals surface area contributed by atoms with E-state index in [1.807, 2.05) is 0 Å². The molecular weight excluding hydrogens is 304 g/mol. The summed E-state index contributed by atoms with van der Waals surface area (Å²) in [5, 5.41) is 0. The van der Waals surface area contributed by atoms with Crippen LogP contribution in [-0.2, 0) is 10.0 Å². The third-order valence-corrected chi connectivity index (χ3v) is 5.20. The third kappa shape index (κ3) is 2.71. The lowest BCUT2D eigenvalue weighted by molar-refractivity contribution is 0.171. The topological polar surface area (TPSA) is 81.9 Å². The number of nitrogens with zero attached hydrogens (tertiary/aromatic N) is 1. The van der Waals surface area contributed by atoms with Gasteiger partial charge in [-0.1, -0.05) is 0 Å². The quantitative estimate of drug-likeness (QED) is 0.863. The Morgan fingerprint density at radius 2 is 1.90 bits per heavy atom. The van der Waals surface area contributed by atoms with Gasteiger partial charge >= 0.3 is 0 Å². The van der Waals surface area contributed by atoms with E-state index in [2.05, 4.69) is 0 Å². The standard InChI is InChI=1S/C12H16N2O4S.ClH/c13-9-3-4-14(8-9)19(15,16)10-1-2-11-12(7-10)18-6-5-17-11;/h1-2,7,9H,3-6,8,13H2;1H. The monoisotopic (exact) mass is 320 g/mol. The van der Waals surface area contributed by atoms with Crippen molar-refractivity contribution in [2.75, 3.05) is 26.3 Å². The van der Waals surface area contributed by atoms with Crippen molar-refractivity contribution in [3.8, 4) is 11.5 Å². The zero-order valence-corrected chi connectivity index (χ0v) is 12.5. The Hall–Kier alpha value is -1.02. The Balaban J connectivity index is 0.00000147. The van der Waals surface area contributed by atoms with E-state index in [-0.39, 0.29) is 23.3 Å². The van der Waals surface area contributed by atoms with Gasteiger partial charge in [0.15, 0.2) is 11.5 Å². The van der Waals surface area contributed by atoms with Crippen LogP contribution in [-0.4, -0.2) is 45.1 Å². The SMILES string of the molecule is Cl.NC1CCN(S(=O)(=O)c2ccc3c(c2)OCCO3)C1. The van der Waals surface area contributed by atoms with Gasteiger partial charge in [0.2, 0.25) is 10.0 Å². The van der Waals surface area contributed by atoms with Crippen molar-refractivity contribution in [1.29, 1.82) is 0 Å². The number of hydrogen-bond acceptors (Lipinski definition) is 5. The largest absolute Gasteiger partial charge is 0.486 e. The van der Waals surface area contributed by atoms with Crippen LogP contribution < -0.4 is 15.2 Å². The molecule has 1 saturated heterocycles. The maximum Gasteiger partial charge on any atom is 0.243 e. The minimum absolute atomic E-state index is 0. The third-order valence-electron chi connectivity index (χ3n) is 3.34. The summed E-state index contributed by atoms with van der Waals surface area (Å²) < 4.78 is 37.1. The molecule has 0 spiro atoms. The lowest BCUT2D eigenvalue weighted by atomic mass is 10.3. The van der Waals surface area contributed by atoms with Crippen LogP contribution in [0.25, 0.3) is 0 Å². The summed E-state index contributed by atoms with van der Waals surface area (Å²) in [4.78, 5) is 0.228. The Bertz CT molecular complexity index is 593. The van der Waals surface area contributed by atoms with Gasteiger partial charge in [-0.05, 0) is 18.6 Å². The second-order valence-corrected chi connectivity index (χ2v) is 6.66. The molecule has 1 aromatic carbocycles.